The number of alkyl halides is 2. The van der Waals surface area contributed by atoms with E-state index in [9.17, 15) is 18.4 Å². The summed E-state index contributed by atoms with van der Waals surface area (Å²) in [5.74, 6) is -1.06. The van der Waals surface area contributed by atoms with Crippen LogP contribution in [0.4, 0.5) is 18.9 Å². The van der Waals surface area contributed by atoms with Crippen LogP contribution in [0, 0.1) is 23.1 Å². The lowest BCUT2D eigenvalue weighted by Gasteiger charge is -2.39. The molecule has 3 saturated carbocycles. The highest BCUT2D eigenvalue weighted by molar-refractivity contribution is 5.98. The average molecular weight is 501 g/mol. The Kier molecular flexibility index (Phi) is 5.30. The molecule has 9 heteroatoms. The number of carbonyl (C=O) groups is 1. The van der Waals surface area contributed by atoms with E-state index in [4.69, 9.17) is 5.73 Å². The third-order valence-electron chi connectivity index (χ3n) is 9.10. The van der Waals surface area contributed by atoms with Crippen LogP contribution < -0.4 is 16.2 Å². The Morgan fingerprint density at radius 1 is 1.17 bits per heavy atom. The lowest BCUT2D eigenvalue weighted by Crippen LogP contribution is -2.40. The number of benzene rings is 1. The first-order chi connectivity index (χ1) is 17.1. The lowest BCUT2D eigenvalue weighted by molar-refractivity contribution is 0.0998. The summed E-state index contributed by atoms with van der Waals surface area (Å²) in [6, 6.07) is 4.77. The summed E-state index contributed by atoms with van der Waals surface area (Å²) in [5.41, 5.74) is 6.01. The summed E-state index contributed by atoms with van der Waals surface area (Å²) in [4.78, 5) is 30.1. The van der Waals surface area contributed by atoms with Crippen LogP contribution in [0.1, 0.15) is 72.6 Å². The van der Waals surface area contributed by atoms with Crippen LogP contribution >= 0.6 is 0 Å². The molecule has 36 heavy (non-hydrogen) atoms. The van der Waals surface area contributed by atoms with Crippen molar-refractivity contribution in [2.24, 2.45) is 23.0 Å². The van der Waals surface area contributed by atoms with Crippen molar-refractivity contribution in [3.05, 3.63) is 63.3 Å². The Morgan fingerprint density at radius 2 is 1.81 bits per heavy atom. The van der Waals surface area contributed by atoms with Crippen LogP contribution in [0.3, 0.4) is 0 Å². The number of primary amides is 1. The number of nitrogens with zero attached hydrogens (tertiary/aromatic N) is 3. The van der Waals surface area contributed by atoms with E-state index in [-0.39, 0.29) is 40.6 Å². The van der Waals surface area contributed by atoms with Crippen molar-refractivity contribution in [2.75, 3.05) is 25.0 Å². The molecule has 1 amide bonds. The molecule has 3 atom stereocenters. The molecule has 0 bridgehead atoms. The van der Waals surface area contributed by atoms with Crippen molar-refractivity contribution in [3.63, 3.8) is 0 Å². The molecule has 4 aliphatic rings. The Morgan fingerprint density at radius 3 is 2.39 bits per heavy atom. The van der Waals surface area contributed by atoms with Gasteiger partial charge in [-0.3, -0.25) is 9.59 Å². The van der Waals surface area contributed by atoms with Gasteiger partial charge in [-0.2, -0.15) is 0 Å². The first-order valence-electron chi connectivity index (χ1n) is 12.7. The quantitative estimate of drug-likeness (QED) is 0.617. The van der Waals surface area contributed by atoms with Gasteiger partial charge in [0.2, 0.25) is 0 Å². The smallest absolute Gasteiger partial charge is 0.266 e. The fourth-order valence-corrected chi connectivity index (χ4v) is 6.90. The van der Waals surface area contributed by atoms with Crippen LogP contribution in [0.5, 0.6) is 0 Å². The van der Waals surface area contributed by atoms with E-state index < -0.39 is 29.8 Å². The second-order valence-corrected chi connectivity index (χ2v) is 11.4. The first kappa shape index (κ1) is 23.6. The SMILES string of the molecule is C[C@H](c1cccc(C(F)F)c1F)N(c1cc(=O)n(C2CC3(CC3)C2)cc1C(N)=O)C1C2CN(C)CC21. The highest BCUT2D eigenvalue weighted by atomic mass is 19.3. The lowest BCUT2D eigenvalue weighted by atomic mass is 9.76. The minimum absolute atomic E-state index is 0.0439. The molecule has 2 heterocycles. The van der Waals surface area contributed by atoms with Gasteiger partial charge in [0.25, 0.3) is 17.9 Å². The number of pyridine rings is 1. The van der Waals surface area contributed by atoms with Crippen molar-refractivity contribution in [3.8, 4) is 0 Å². The van der Waals surface area contributed by atoms with E-state index in [1.165, 1.54) is 31.0 Å². The van der Waals surface area contributed by atoms with E-state index >= 15 is 4.39 Å². The maximum Gasteiger partial charge on any atom is 0.266 e. The summed E-state index contributed by atoms with van der Waals surface area (Å²) in [6.45, 7) is 3.42. The van der Waals surface area contributed by atoms with Gasteiger partial charge in [0.05, 0.1) is 22.9 Å². The van der Waals surface area contributed by atoms with Crippen LogP contribution in [0.15, 0.2) is 35.3 Å². The molecule has 6 nitrogen and oxygen atoms in total. The van der Waals surface area contributed by atoms with Crippen molar-refractivity contribution < 1.29 is 18.0 Å². The van der Waals surface area contributed by atoms with E-state index in [1.54, 1.807) is 17.7 Å². The number of piperidine rings is 1. The molecule has 2 unspecified atom stereocenters. The molecule has 2 aromatic rings. The second-order valence-electron chi connectivity index (χ2n) is 11.4. The Hall–Kier alpha value is -2.81. The third kappa shape index (κ3) is 3.66. The highest BCUT2D eigenvalue weighted by Crippen LogP contribution is 2.64. The monoisotopic (exact) mass is 500 g/mol. The van der Waals surface area contributed by atoms with Crippen molar-refractivity contribution >= 4 is 11.6 Å². The molecule has 1 aliphatic heterocycles. The maximum atomic E-state index is 15.3. The van der Waals surface area contributed by atoms with Crippen molar-refractivity contribution in [1.82, 2.24) is 9.47 Å². The zero-order valence-corrected chi connectivity index (χ0v) is 20.5. The molecule has 1 spiro atoms. The van der Waals surface area contributed by atoms with Gasteiger partial charge in [-0.05, 0) is 56.9 Å². The van der Waals surface area contributed by atoms with E-state index in [1.807, 2.05) is 11.9 Å². The second kappa shape index (κ2) is 8.10. The fraction of sp³-hybridized carbons (Fsp3) is 0.556. The number of fused-ring (bicyclic) bond motifs is 1. The van der Waals surface area contributed by atoms with Gasteiger partial charge >= 0.3 is 0 Å². The number of hydrogen-bond acceptors (Lipinski definition) is 4. The zero-order valence-electron chi connectivity index (χ0n) is 20.5. The molecule has 4 fully saturated rings. The van der Waals surface area contributed by atoms with Crippen LogP contribution in [-0.2, 0) is 0 Å². The Bertz CT molecular complexity index is 1270. The molecule has 0 radical (unpaired) electrons. The van der Waals surface area contributed by atoms with Gasteiger partial charge in [0.1, 0.15) is 5.82 Å². The predicted octanol–water partition coefficient (Wildman–Crippen LogP) is 4.27. The maximum absolute atomic E-state index is 15.3. The highest BCUT2D eigenvalue weighted by Gasteiger charge is 2.59. The Balaban J connectivity index is 1.43. The number of hydrogen-bond donors (Lipinski definition) is 1. The molecular formula is C27H31F3N4O2. The minimum atomic E-state index is -2.94. The van der Waals surface area contributed by atoms with E-state index in [2.05, 4.69) is 4.90 Å². The molecule has 6 rings (SSSR count). The average Bonchev–Trinajstić information content (AvgIpc) is 3.68. The van der Waals surface area contributed by atoms with E-state index in [0.29, 0.717) is 11.1 Å². The molecule has 1 aromatic carbocycles. The topological polar surface area (TPSA) is 71.6 Å². The van der Waals surface area contributed by atoms with Crippen LogP contribution in [0.25, 0.3) is 0 Å². The zero-order chi connectivity index (χ0) is 25.5. The van der Waals surface area contributed by atoms with Crippen molar-refractivity contribution in [1.29, 1.82) is 0 Å². The standard InChI is InChI=1S/C27H31F3N4O2/c1-14(16-4-3-5-17(23(16)28)25(29)30)34(24-18-11-32(2)12-19(18)24)21-8-22(35)33(13-20(21)26(31)36)15-9-27(10-15)6-7-27/h3-5,8,13-15,18-19,24-25H,6-7,9-12H2,1-2H3,(H2,31,36)/t14-,18?,19?,24?/m1/s1. The van der Waals surface area contributed by atoms with Gasteiger partial charge in [0.15, 0.2) is 0 Å². The summed E-state index contributed by atoms with van der Waals surface area (Å²) in [7, 11) is 2.03. The molecule has 192 valence electrons. The minimum Gasteiger partial charge on any atom is -0.365 e. The van der Waals surface area contributed by atoms with Crippen LogP contribution in [-0.4, -0.2) is 41.6 Å². The molecular weight excluding hydrogens is 469 g/mol. The third-order valence-corrected chi connectivity index (χ3v) is 9.10. The van der Waals surface area contributed by atoms with Gasteiger partial charge in [-0.15, -0.1) is 0 Å². The molecule has 2 N–H and O–H groups in total. The number of rotatable bonds is 7. The number of aromatic nitrogens is 1. The number of anilines is 1. The fourth-order valence-electron chi connectivity index (χ4n) is 6.90. The van der Waals surface area contributed by atoms with Gasteiger partial charge in [-0.1, -0.05) is 18.2 Å². The number of amides is 1. The summed E-state index contributed by atoms with van der Waals surface area (Å²) < 4.78 is 43.8. The normalized spacial score (nSPS) is 27.1. The van der Waals surface area contributed by atoms with Gasteiger partial charge in [-0.25, -0.2) is 13.2 Å². The van der Waals surface area contributed by atoms with Crippen LogP contribution in [0.2, 0.25) is 0 Å². The number of carbonyl (C=O) groups excluding carboxylic acids is 1. The molecule has 3 aliphatic carbocycles. The number of halogens is 3. The van der Waals surface area contributed by atoms with E-state index in [0.717, 1.165) is 32.0 Å². The Labute approximate surface area is 207 Å². The summed E-state index contributed by atoms with van der Waals surface area (Å²) in [5, 5.41) is 0. The molecule has 1 aromatic heterocycles. The summed E-state index contributed by atoms with van der Waals surface area (Å²) >= 11 is 0. The van der Waals surface area contributed by atoms with Gasteiger partial charge in [0, 0.05) is 43.0 Å². The van der Waals surface area contributed by atoms with Gasteiger partial charge < -0.3 is 20.1 Å². The predicted molar refractivity (Wildman–Crippen MR) is 130 cm³/mol. The van der Waals surface area contributed by atoms with Crippen molar-refractivity contribution in [2.45, 2.75) is 57.2 Å². The first-order valence-corrected chi connectivity index (χ1v) is 12.7. The number of nitrogens with two attached hydrogens (primary N) is 1. The molecule has 1 saturated heterocycles. The largest absolute Gasteiger partial charge is 0.365 e. The number of likely N-dealkylation sites (tertiary alicyclic amines) is 1. The summed E-state index contributed by atoms with van der Waals surface area (Å²) in [6.07, 6.45) is 2.85.